The number of rotatable bonds is 5. The van der Waals surface area contributed by atoms with E-state index >= 15 is 0 Å². The Balaban J connectivity index is 1.49. The third-order valence-corrected chi connectivity index (χ3v) is 6.92. The number of nitrogens with zero attached hydrogens (tertiary/aromatic N) is 2. The molecule has 0 bridgehead atoms. The molecular weight excluding hydrogens is 472 g/mol. The first-order valence-electron chi connectivity index (χ1n) is 13.4. The zero-order chi connectivity index (χ0) is 26.7. The summed E-state index contributed by atoms with van der Waals surface area (Å²) in [5.41, 5.74) is 7.11. The normalized spacial score (nSPS) is 14.4. The molecule has 0 N–H and O–H groups in total. The molecule has 0 unspecified atom stereocenters. The minimum Gasteiger partial charge on any atom is -0.444 e. The summed E-state index contributed by atoms with van der Waals surface area (Å²) in [7, 11) is 0. The average molecular weight is 509 g/mol. The molecular formula is C33H36N2O3. The van der Waals surface area contributed by atoms with E-state index in [1.54, 1.807) is 0 Å². The molecule has 0 atom stereocenters. The van der Waals surface area contributed by atoms with Crippen LogP contribution >= 0.6 is 0 Å². The summed E-state index contributed by atoms with van der Waals surface area (Å²) in [5.74, 6) is 0. The third kappa shape index (κ3) is 6.05. The summed E-state index contributed by atoms with van der Waals surface area (Å²) in [6.45, 7) is 9.56. The second-order valence-electron chi connectivity index (χ2n) is 11.1. The Kier molecular flexibility index (Phi) is 7.48. The lowest BCUT2D eigenvalue weighted by Crippen LogP contribution is -2.45. The number of fused-ring (bicyclic) bond motifs is 1. The standard InChI is InChI=1S/C33H36N2O3/c1-23-20-29(27-13-11-26(12-14-27)25-8-6-5-7-9-25)30-21-24(10-15-31(30)34-23)22-35(28-16-18-37-19-17-28)32(36)38-33(2,3)4/h5-15,20-21,28H,16-19,22H2,1-4H3. The first kappa shape index (κ1) is 25.9. The highest BCUT2D eigenvalue weighted by Gasteiger charge is 2.30. The summed E-state index contributed by atoms with van der Waals surface area (Å²) >= 11 is 0. The van der Waals surface area contributed by atoms with Gasteiger partial charge in [-0.3, -0.25) is 4.98 Å². The number of hydrogen-bond acceptors (Lipinski definition) is 4. The van der Waals surface area contributed by atoms with Crippen LogP contribution in [0.4, 0.5) is 4.79 Å². The van der Waals surface area contributed by atoms with Crippen molar-refractivity contribution in [1.82, 2.24) is 9.88 Å². The zero-order valence-electron chi connectivity index (χ0n) is 22.7. The monoisotopic (exact) mass is 508 g/mol. The van der Waals surface area contributed by atoms with Crippen molar-refractivity contribution in [2.45, 2.75) is 58.7 Å². The molecule has 196 valence electrons. The Bertz CT molecular complexity index is 1400. The molecule has 1 aromatic heterocycles. The maximum atomic E-state index is 13.3. The molecule has 1 amide bonds. The van der Waals surface area contributed by atoms with Crippen LogP contribution in [0, 0.1) is 6.92 Å². The summed E-state index contributed by atoms with van der Waals surface area (Å²) in [6.07, 6.45) is 1.35. The van der Waals surface area contributed by atoms with Crippen molar-refractivity contribution in [3.8, 4) is 22.3 Å². The lowest BCUT2D eigenvalue weighted by molar-refractivity contribution is -0.00807. The number of aromatic nitrogens is 1. The second kappa shape index (κ2) is 11.0. The highest BCUT2D eigenvalue weighted by atomic mass is 16.6. The van der Waals surface area contributed by atoms with E-state index in [9.17, 15) is 4.79 Å². The van der Waals surface area contributed by atoms with Crippen LogP contribution in [-0.4, -0.2) is 40.8 Å². The van der Waals surface area contributed by atoms with Crippen molar-refractivity contribution >= 4 is 17.0 Å². The number of aryl methyl sites for hydroxylation is 1. The molecule has 0 saturated carbocycles. The highest BCUT2D eigenvalue weighted by Crippen LogP contribution is 2.32. The van der Waals surface area contributed by atoms with E-state index in [2.05, 4.69) is 72.8 Å². The van der Waals surface area contributed by atoms with Crippen molar-refractivity contribution in [3.63, 3.8) is 0 Å². The van der Waals surface area contributed by atoms with Crippen LogP contribution in [0.3, 0.4) is 0 Å². The Morgan fingerprint density at radius 3 is 2.26 bits per heavy atom. The molecule has 0 aliphatic carbocycles. The lowest BCUT2D eigenvalue weighted by atomic mass is 9.96. The van der Waals surface area contributed by atoms with Crippen molar-refractivity contribution in [2.24, 2.45) is 0 Å². The van der Waals surface area contributed by atoms with Gasteiger partial charge in [0.2, 0.25) is 0 Å². The first-order valence-corrected chi connectivity index (χ1v) is 13.4. The molecule has 5 nitrogen and oxygen atoms in total. The predicted octanol–water partition coefficient (Wildman–Crippen LogP) is 7.79. The van der Waals surface area contributed by atoms with Gasteiger partial charge in [0.15, 0.2) is 0 Å². The molecule has 1 aliphatic rings. The number of amides is 1. The predicted molar refractivity (Wildman–Crippen MR) is 153 cm³/mol. The lowest BCUT2D eigenvalue weighted by Gasteiger charge is -2.35. The molecule has 3 aromatic carbocycles. The van der Waals surface area contributed by atoms with E-state index in [1.807, 2.05) is 38.7 Å². The SMILES string of the molecule is Cc1cc(-c2ccc(-c3ccccc3)cc2)c2cc(CN(C(=O)OC(C)(C)C)C3CCOCC3)ccc2n1. The maximum absolute atomic E-state index is 13.3. The summed E-state index contributed by atoms with van der Waals surface area (Å²) in [6, 6.07) is 27.7. The molecule has 1 aliphatic heterocycles. The largest absolute Gasteiger partial charge is 0.444 e. The van der Waals surface area contributed by atoms with Gasteiger partial charge < -0.3 is 14.4 Å². The quantitative estimate of drug-likeness (QED) is 0.276. The maximum Gasteiger partial charge on any atom is 0.410 e. The average Bonchev–Trinajstić information content (AvgIpc) is 2.91. The molecule has 1 saturated heterocycles. The minimum absolute atomic E-state index is 0.0930. The number of carbonyl (C=O) groups is 1. The molecule has 0 radical (unpaired) electrons. The summed E-state index contributed by atoms with van der Waals surface area (Å²) in [5, 5.41) is 1.08. The van der Waals surface area contributed by atoms with Gasteiger partial charge in [0, 0.05) is 36.9 Å². The van der Waals surface area contributed by atoms with E-state index in [1.165, 1.54) is 11.1 Å². The fourth-order valence-electron chi connectivity index (χ4n) is 5.07. The van der Waals surface area contributed by atoms with Gasteiger partial charge in [0.05, 0.1) is 5.52 Å². The second-order valence-corrected chi connectivity index (χ2v) is 11.1. The minimum atomic E-state index is -0.551. The fourth-order valence-corrected chi connectivity index (χ4v) is 5.07. The van der Waals surface area contributed by atoms with E-state index < -0.39 is 5.60 Å². The topological polar surface area (TPSA) is 51.7 Å². The van der Waals surface area contributed by atoms with Crippen LogP contribution in [0.15, 0.2) is 78.9 Å². The van der Waals surface area contributed by atoms with E-state index in [0.717, 1.165) is 46.1 Å². The number of benzene rings is 3. The van der Waals surface area contributed by atoms with Gasteiger partial charge in [-0.25, -0.2) is 4.79 Å². The fraction of sp³-hybridized carbons (Fsp3) is 0.333. The molecule has 5 heteroatoms. The summed E-state index contributed by atoms with van der Waals surface area (Å²) < 4.78 is 11.4. The number of pyridine rings is 1. The van der Waals surface area contributed by atoms with E-state index in [-0.39, 0.29) is 12.1 Å². The number of carbonyl (C=O) groups excluding carboxylic acids is 1. The van der Waals surface area contributed by atoms with Crippen LogP contribution < -0.4 is 0 Å². The Morgan fingerprint density at radius 1 is 0.921 bits per heavy atom. The van der Waals surface area contributed by atoms with Crippen LogP contribution in [0.1, 0.15) is 44.9 Å². The highest BCUT2D eigenvalue weighted by molar-refractivity contribution is 5.95. The molecule has 4 aromatic rings. The Morgan fingerprint density at radius 2 is 1.58 bits per heavy atom. The smallest absolute Gasteiger partial charge is 0.410 e. The zero-order valence-corrected chi connectivity index (χ0v) is 22.7. The van der Waals surface area contributed by atoms with Gasteiger partial charge >= 0.3 is 6.09 Å². The number of hydrogen-bond donors (Lipinski definition) is 0. The summed E-state index contributed by atoms with van der Waals surface area (Å²) in [4.78, 5) is 19.9. The number of ether oxygens (including phenoxy) is 2. The first-order chi connectivity index (χ1) is 18.3. The van der Waals surface area contributed by atoms with Crippen LogP contribution in [0.2, 0.25) is 0 Å². The molecule has 38 heavy (non-hydrogen) atoms. The van der Waals surface area contributed by atoms with E-state index in [4.69, 9.17) is 14.5 Å². The van der Waals surface area contributed by atoms with Crippen molar-refractivity contribution in [1.29, 1.82) is 0 Å². The Labute approximate surface area is 225 Å². The van der Waals surface area contributed by atoms with Gasteiger partial charge in [-0.05, 0) is 86.6 Å². The van der Waals surface area contributed by atoms with Crippen molar-refractivity contribution < 1.29 is 14.3 Å². The van der Waals surface area contributed by atoms with Gasteiger partial charge in [0.25, 0.3) is 0 Å². The third-order valence-electron chi connectivity index (χ3n) is 6.92. The molecule has 1 fully saturated rings. The van der Waals surface area contributed by atoms with Crippen LogP contribution in [0.5, 0.6) is 0 Å². The molecule has 5 rings (SSSR count). The van der Waals surface area contributed by atoms with Gasteiger partial charge in [-0.15, -0.1) is 0 Å². The van der Waals surface area contributed by atoms with Crippen LogP contribution in [0.25, 0.3) is 33.2 Å². The molecule has 0 spiro atoms. The van der Waals surface area contributed by atoms with Gasteiger partial charge in [-0.2, -0.15) is 0 Å². The van der Waals surface area contributed by atoms with Gasteiger partial charge in [-0.1, -0.05) is 60.7 Å². The van der Waals surface area contributed by atoms with Crippen molar-refractivity contribution in [3.05, 3.63) is 90.1 Å². The molecule has 2 heterocycles. The van der Waals surface area contributed by atoms with Gasteiger partial charge in [0.1, 0.15) is 5.60 Å². The van der Waals surface area contributed by atoms with E-state index in [0.29, 0.717) is 19.8 Å². The van der Waals surface area contributed by atoms with Crippen LogP contribution in [-0.2, 0) is 16.0 Å². The van der Waals surface area contributed by atoms with Crippen molar-refractivity contribution in [2.75, 3.05) is 13.2 Å². The Hall–Kier alpha value is -3.70.